The van der Waals surface area contributed by atoms with E-state index >= 15 is 0 Å². The quantitative estimate of drug-likeness (QED) is 0.566. The van der Waals surface area contributed by atoms with Crippen LogP contribution in [-0.2, 0) is 14.3 Å². The summed E-state index contributed by atoms with van der Waals surface area (Å²) in [7, 11) is 0. The molecule has 0 aromatic heterocycles. The fourth-order valence-corrected chi connectivity index (χ4v) is 0.712. The standard InChI is InChI=1S/C8H14O3/c1-3-4-8(10)5-6-11-7(2)9/h3-6H2,1-2H3. The van der Waals surface area contributed by atoms with Crippen LogP contribution in [0.5, 0.6) is 0 Å². The Bertz CT molecular complexity index is 140. The monoisotopic (exact) mass is 158 g/mol. The highest BCUT2D eigenvalue weighted by Gasteiger charge is 2.00. The second-order valence-electron chi connectivity index (χ2n) is 2.38. The summed E-state index contributed by atoms with van der Waals surface area (Å²) in [6.45, 7) is 3.52. The van der Waals surface area contributed by atoms with Gasteiger partial charge in [0.2, 0.25) is 0 Å². The van der Waals surface area contributed by atoms with E-state index in [0.717, 1.165) is 6.42 Å². The molecule has 0 aliphatic heterocycles. The third-order valence-electron chi connectivity index (χ3n) is 1.22. The Hall–Kier alpha value is -0.860. The van der Waals surface area contributed by atoms with Gasteiger partial charge in [-0.2, -0.15) is 0 Å². The molecule has 0 aromatic carbocycles. The van der Waals surface area contributed by atoms with Crippen LogP contribution in [0.25, 0.3) is 0 Å². The van der Waals surface area contributed by atoms with E-state index in [1.165, 1.54) is 6.92 Å². The summed E-state index contributed by atoms with van der Waals surface area (Å²) < 4.78 is 4.60. The molecule has 0 aliphatic rings. The molecule has 3 nitrogen and oxygen atoms in total. The Labute approximate surface area is 66.7 Å². The fraction of sp³-hybridized carbons (Fsp3) is 0.750. The van der Waals surface area contributed by atoms with Crippen LogP contribution in [-0.4, -0.2) is 18.4 Å². The number of esters is 1. The smallest absolute Gasteiger partial charge is 0.302 e. The van der Waals surface area contributed by atoms with Crippen LogP contribution in [0.3, 0.4) is 0 Å². The second kappa shape index (κ2) is 5.89. The molecular formula is C8H14O3. The molecule has 0 heterocycles. The third-order valence-corrected chi connectivity index (χ3v) is 1.22. The van der Waals surface area contributed by atoms with Crippen LogP contribution in [0, 0.1) is 0 Å². The maximum Gasteiger partial charge on any atom is 0.302 e. The van der Waals surface area contributed by atoms with Gasteiger partial charge in [0.25, 0.3) is 0 Å². The molecule has 0 rings (SSSR count). The summed E-state index contributed by atoms with van der Waals surface area (Å²) in [5, 5.41) is 0. The van der Waals surface area contributed by atoms with Crippen molar-refractivity contribution >= 4 is 11.8 Å². The highest BCUT2D eigenvalue weighted by atomic mass is 16.5. The first-order valence-electron chi connectivity index (χ1n) is 3.82. The molecule has 0 spiro atoms. The van der Waals surface area contributed by atoms with E-state index in [0.29, 0.717) is 12.8 Å². The van der Waals surface area contributed by atoms with Crippen molar-refractivity contribution in [2.45, 2.75) is 33.1 Å². The Balaban J connectivity index is 3.24. The van der Waals surface area contributed by atoms with Crippen molar-refractivity contribution < 1.29 is 14.3 Å². The van der Waals surface area contributed by atoms with E-state index in [2.05, 4.69) is 4.74 Å². The molecule has 0 saturated carbocycles. The predicted octanol–water partition coefficient (Wildman–Crippen LogP) is 1.31. The van der Waals surface area contributed by atoms with Gasteiger partial charge in [0.05, 0.1) is 6.61 Å². The van der Waals surface area contributed by atoms with Crippen LogP contribution >= 0.6 is 0 Å². The van der Waals surface area contributed by atoms with E-state index in [-0.39, 0.29) is 18.4 Å². The van der Waals surface area contributed by atoms with Crippen molar-refractivity contribution in [3.8, 4) is 0 Å². The Morgan fingerprint density at radius 3 is 2.36 bits per heavy atom. The Morgan fingerprint density at radius 1 is 1.27 bits per heavy atom. The largest absolute Gasteiger partial charge is 0.465 e. The van der Waals surface area contributed by atoms with Gasteiger partial charge < -0.3 is 4.74 Å². The van der Waals surface area contributed by atoms with Gasteiger partial charge >= 0.3 is 5.97 Å². The van der Waals surface area contributed by atoms with Gasteiger partial charge in [0, 0.05) is 19.8 Å². The van der Waals surface area contributed by atoms with E-state index < -0.39 is 0 Å². The average molecular weight is 158 g/mol. The molecule has 3 heteroatoms. The van der Waals surface area contributed by atoms with E-state index in [9.17, 15) is 9.59 Å². The number of hydrogen-bond donors (Lipinski definition) is 0. The second-order valence-corrected chi connectivity index (χ2v) is 2.38. The maximum atomic E-state index is 10.8. The third kappa shape index (κ3) is 7.03. The molecule has 0 unspecified atom stereocenters. The summed E-state index contributed by atoms with van der Waals surface area (Å²) in [5.41, 5.74) is 0. The van der Waals surface area contributed by atoms with Crippen LogP contribution < -0.4 is 0 Å². The molecule has 0 fully saturated rings. The zero-order valence-electron chi connectivity index (χ0n) is 7.05. The number of carbonyl (C=O) groups excluding carboxylic acids is 2. The Kier molecular flexibility index (Phi) is 5.43. The predicted molar refractivity (Wildman–Crippen MR) is 41.2 cm³/mol. The van der Waals surface area contributed by atoms with E-state index in [4.69, 9.17) is 0 Å². The first kappa shape index (κ1) is 10.1. The molecule has 0 saturated heterocycles. The SMILES string of the molecule is CCCC(=O)CCOC(C)=O. The summed E-state index contributed by atoms with van der Waals surface area (Å²) >= 11 is 0. The number of ketones is 1. The van der Waals surface area contributed by atoms with E-state index in [1.54, 1.807) is 0 Å². The first-order valence-corrected chi connectivity index (χ1v) is 3.82. The zero-order chi connectivity index (χ0) is 8.69. The minimum absolute atomic E-state index is 0.161. The number of ether oxygens (including phenoxy) is 1. The molecule has 0 radical (unpaired) electrons. The normalized spacial score (nSPS) is 9.27. The van der Waals surface area contributed by atoms with Crippen molar-refractivity contribution in [1.29, 1.82) is 0 Å². The summed E-state index contributed by atoms with van der Waals surface area (Å²) in [5.74, 6) is -0.164. The van der Waals surface area contributed by atoms with Gasteiger partial charge in [-0.25, -0.2) is 0 Å². The molecule has 0 bridgehead atoms. The van der Waals surface area contributed by atoms with Crippen molar-refractivity contribution in [3.63, 3.8) is 0 Å². The van der Waals surface area contributed by atoms with Crippen LogP contribution in [0.15, 0.2) is 0 Å². The lowest BCUT2D eigenvalue weighted by Gasteiger charge is -1.99. The average Bonchev–Trinajstić information content (AvgIpc) is 1.87. The van der Waals surface area contributed by atoms with Gasteiger partial charge in [0.15, 0.2) is 0 Å². The minimum Gasteiger partial charge on any atom is -0.465 e. The fourth-order valence-electron chi connectivity index (χ4n) is 0.712. The van der Waals surface area contributed by atoms with Crippen molar-refractivity contribution in [2.24, 2.45) is 0 Å². The lowest BCUT2D eigenvalue weighted by Crippen LogP contribution is -2.06. The molecule has 0 N–H and O–H groups in total. The van der Waals surface area contributed by atoms with Crippen LogP contribution in [0.1, 0.15) is 33.1 Å². The van der Waals surface area contributed by atoms with Crippen molar-refractivity contribution in [2.75, 3.05) is 6.61 Å². The highest BCUT2D eigenvalue weighted by Crippen LogP contribution is 1.94. The summed E-state index contributed by atoms with van der Waals surface area (Å²) in [6, 6.07) is 0. The minimum atomic E-state index is -0.325. The van der Waals surface area contributed by atoms with E-state index in [1.807, 2.05) is 6.92 Å². The molecule has 0 aliphatic carbocycles. The topological polar surface area (TPSA) is 43.4 Å². The van der Waals surface area contributed by atoms with Gasteiger partial charge in [-0.05, 0) is 6.42 Å². The maximum absolute atomic E-state index is 10.8. The number of carbonyl (C=O) groups is 2. The van der Waals surface area contributed by atoms with Crippen LogP contribution in [0.2, 0.25) is 0 Å². The Morgan fingerprint density at radius 2 is 1.91 bits per heavy atom. The van der Waals surface area contributed by atoms with Gasteiger partial charge in [-0.1, -0.05) is 6.92 Å². The first-order chi connectivity index (χ1) is 5.16. The number of Topliss-reactive ketones (excluding diaryl/α,β-unsaturated/α-hetero) is 1. The van der Waals surface area contributed by atoms with Crippen molar-refractivity contribution in [1.82, 2.24) is 0 Å². The molecule has 64 valence electrons. The van der Waals surface area contributed by atoms with Crippen LogP contribution in [0.4, 0.5) is 0 Å². The highest BCUT2D eigenvalue weighted by molar-refractivity contribution is 5.78. The van der Waals surface area contributed by atoms with Gasteiger partial charge in [-0.3, -0.25) is 9.59 Å². The molecule has 0 atom stereocenters. The lowest BCUT2D eigenvalue weighted by atomic mass is 10.2. The molecular weight excluding hydrogens is 144 g/mol. The van der Waals surface area contributed by atoms with Gasteiger partial charge in [0.1, 0.15) is 5.78 Å². The lowest BCUT2D eigenvalue weighted by molar-refractivity contribution is -0.141. The number of hydrogen-bond acceptors (Lipinski definition) is 3. The molecule has 0 amide bonds. The van der Waals surface area contributed by atoms with Crippen molar-refractivity contribution in [3.05, 3.63) is 0 Å². The summed E-state index contributed by atoms with van der Waals surface area (Å²) in [4.78, 5) is 21.1. The summed E-state index contributed by atoms with van der Waals surface area (Å²) in [6.07, 6.45) is 1.80. The van der Waals surface area contributed by atoms with Gasteiger partial charge in [-0.15, -0.1) is 0 Å². The molecule has 0 aromatic rings. The number of rotatable bonds is 5. The zero-order valence-corrected chi connectivity index (χ0v) is 7.05. The molecule has 11 heavy (non-hydrogen) atoms.